The first kappa shape index (κ1) is 18.4. The van der Waals surface area contributed by atoms with Crippen molar-refractivity contribution < 1.29 is 17.7 Å². The zero-order valence-electron chi connectivity index (χ0n) is 14.5. The third kappa shape index (κ3) is 4.63. The molecule has 1 saturated heterocycles. The number of nitrogens with zero attached hydrogens (tertiary/aromatic N) is 4. The highest BCUT2D eigenvalue weighted by Gasteiger charge is 2.33. The van der Waals surface area contributed by atoms with Gasteiger partial charge in [0.25, 0.3) is 5.89 Å². The molecule has 0 unspecified atom stereocenters. The molecule has 25 heavy (non-hydrogen) atoms. The Bertz CT molecular complexity index is 817. The summed E-state index contributed by atoms with van der Waals surface area (Å²) in [4.78, 5) is 8.65. The van der Waals surface area contributed by atoms with Crippen molar-refractivity contribution in [3.63, 3.8) is 0 Å². The van der Waals surface area contributed by atoms with Gasteiger partial charge in [-0.05, 0) is 26.2 Å². The van der Waals surface area contributed by atoms with Crippen molar-refractivity contribution in [3.05, 3.63) is 27.8 Å². The summed E-state index contributed by atoms with van der Waals surface area (Å²) in [5.41, 5.74) is 0.773. The monoisotopic (exact) mass is 386 g/mol. The van der Waals surface area contributed by atoms with Crippen molar-refractivity contribution in [3.8, 4) is 0 Å². The van der Waals surface area contributed by atoms with Gasteiger partial charge in [-0.2, -0.15) is 9.29 Å². The number of rotatable bonds is 7. The van der Waals surface area contributed by atoms with Crippen LogP contribution in [0.15, 0.2) is 9.90 Å². The molecule has 0 aliphatic carbocycles. The van der Waals surface area contributed by atoms with Crippen molar-refractivity contribution in [1.82, 2.24) is 19.4 Å². The van der Waals surface area contributed by atoms with Crippen LogP contribution in [0, 0.1) is 6.92 Å². The Balaban J connectivity index is 1.65. The second-order valence-electron chi connectivity index (χ2n) is 6.15. The predicted molar refractivity (Wildman–Crippen MR) is 92.6 cm³/mol. The topological polar surface area (TPSA) is 98.4 Å². The maximum Gasteiger partial charge on any atom is 0.255 e. The van der Waals surface area contributed by atoms with Crippen molar-refractivity contribution in [2.24, 2.45) is 0 Å². The molecule has 0 saturated carbocycles. The van der Waals surface area contributed by atoms with E-state index in [0.717, 1.165) is 30.0 Å². The van der Waals surface area contributed by atoms with Gasteiger partial charge in [-0.3, -0.25) is 0 Å². The van der Waals surface area contributed by atoms with E-state index in [1.54, 1.807) is 18.3 Å². The fraction of sp³-hybridized carbons (Fsp3) is 0.667. The molecule has 0 aromatic carbocycles. The summed E-state index contributed by atoms with van der Waals surface area (Å²) in [6.07, 6.45) is 3.08. The number of hydrogen-bond acceptors (Lipinski definition) is 8. The molecule has 2 atom stereocenters. The van der Waals surface area contributed by atoms with E-state index >= 15 is 0 Å². The Morgan fingerprint density at radius 1 is 1.36 bits per heavy atom. The fourth-order valence-electron chi connectivity index (χ4n) is 2.77. The third-order valence-corrected chi connectivity index (χ3v) is 6.30. The number of aryl methyl sites for hydroxylation is 2. The Labute approximate surface area is 151 Å². The summed E-state index contributed by atoms with van der Waals surface area (Å²) in [6, 6.07) is 0. The molecule has 0 bridgehead atoms. The van der Waals surface area contributed by atoms with Gasteiger partial charge in [0.15, 0.2) is 5.82 Å². The van der Waals surface area contributed by atoms with Gasteiger partial charge >= 0.3 is 0 Å². The lowest BCUT2D eigenvalue weighted by Gasteiger charge is -2.22. The molecule has 1 fully saturated rings. The SMILES string of the molecule is CCc1nc(CN(C[C@H]2CC[C@@H](c3nc(C)no3)O2)S(C)(=O)=O)cs1. The molecule has 0 N–H and O–H groups in total. The van der Waals surface area contributed by atoms with Crippen LogP contribution >= 0.6 is 11.3 Å². The number of aromatic nitrogens is 3. The van der Waals surface area contributed by atoms with Crippen LogP contribution in [-0.4, -0.2) is 46.8 Å². The van der Waals surface area contributed by atoms with E-state index in [0.29, 0.717) is 18.3 Å². The number of ether oxygens (including phenoxy) is 1. The number of hydrogen-bond donors (Lipinski definition) is 0. The Morgan fingerprint density at radius 2 is 2.16 bits per heavy atom. The first-order chi connectivity index (χ1) is 11.8. The minimum atomic E-state index is -3.36. The van der Waals surface area contributed by atoms with Crippen LogP contribution in [0.1, 0.15) is 48.3 Å². The van der Waals surface area contributed by atoms with E-state index in [9.17, 15) is 8.42 Å². The summed E-state index contributed by atoms with van der Waals surface area (Å²) in [5, 5.41) is 6.69. The summed E-state index contributed by atoms with van der Waals surface area (Å²) in [6.45, 7) is 4.34. The molecule has 138 valence electrons. The Kier molecular flexibility index (Phi) is 5.52. The predicted octanol–water partition coefficient (Wildman–Crippen LogP) is 2.08. The molecule has 3 rings (SSSR count). The summed E-state index contributed by atoms with van der Waals surface area (Å²) in [7, 11) is -3.36. The largest absolute Gasteiger partial charge is 0.364 e. The third-order valence-electron chi connectivity index (χ3n) is 4.04. The van der Waals surface area contributed by atoms with E-state index in [4.69, 9.17) is 9.26 Å². The van der Waals surface area contributed by atoms with Crippen molar-refractivity contribution in [2.45, 2.75) is 51.9 Å². The van der Waals surface area contributed by atoms with Crippen molar-refractivity contribution in [2.75, 3.05) is 12.8 Å². The van der Waals surface area contributed by atoms with Crippen LogP contribution in [0.2, 0.25) is 0 Å². The van der Waals surface area contributed by atoms with Gasteiger partial charge in [0, 0.05) is 11.9 Å². The van der Waals surface area contributed by atoms with Gasteiger partial charge in [0.2, 0.25) is 10.0 Å². The second kappa shape index (κ2) is 7.48. The highest BCUT2D eigenvalue weighted by molar-refractivity contribution is 7.88. The normalized spacial score (nSPS) is 21.3. The molecule has 2 aromatic rings. The average molecular weight is 386 g/mol. The molecule has 0 amide bonds. The lowest BCUT2D eigenvalue weighted by atomic mass is 10.2. The second-order valence-corrected chi connectivity index (χ2v) is 9.07. The molecular formula is C15H22N4O4S2. The maximum atomic E-state index is 12.2. The van der Waals surface area contributed by atoms with Crippen LogP contribution < -0.4 is 0 Å². The molecule has 0 radical (unpaired) electrons. The molecule has 2 aromatic heterocycles. The zero-order chi connectivity index (χ0) is 18.0. The van der Waals surface area contributed by atoms with Crippen LogP contribution in [0.5, 0.6) is 0 Å². The summed E-state index contributed by atoms with van der Waals surface area (Å²) >= 11 is 1.55. The summed E-state index contributed by atoms with van der Waals surface area (Å²) < 4.78 is 36.8. The highest BCUT2D eigenvalue weighted by Crippen LogP contribution is 2.32. The highest BCUT2D eigenvalue weighted by atomic mass is 32.2. The Morgan fingerprint density at radius 3 is 2.76 bits per heavy atom. The molecule has 10 heteroatoms. The molecular weight excluding hydrogens is 364 g/mol. The minimum Gasteiger partial charge on any atom is -0.364 e. The van der Waals surface area contributed by atoms with Gasteiger partial charge in [-0.25, -0.2) is 13.4 Å². The number of sulfonamides is 1. The van der Waals surface area contributed by atoms with Crippen molar-refractivity contribution in [1.29, 1.82) is 0 Å². The standard InChI is InChI=1S/C15H22N4O4S2/c1-4-14-17-11(9-24-14)7-19(25(3,20)21)8-12-5-6-13(22-12)15-16-10(2)18-23-15/h9,12-13H,4-8H2,1-3H3/t12-,13+/m1/s1. The smallest absolute Gasteiger partial charge is 0.255 e. The zero-order valence-corrected chi connectivity index (χ0v) is 16.1. The quantitative estimate of drug-likeness (QED) is 0.718. The summed E-state index contributed by atoms with van der Waals surface area (Å²) in [5.74, 6) is 1.02. The molecule has 8 nitrogen and oxygen atoms in total. The lowest BCUT2D eigenvalue weighted by Crippen LogP contribution is -2.36. The van der Waals surface area contributed by atoms with Crippen molar-refractivity contribution >= 4 is 21.4 Å². The lowest BCUT2D eigenvalue weighted by molar-refractivity contribution is 0.0171. The van der Waals surface area contributed by atoms with E-state index in [2.05, 4.69) is 15.1 Å². The van der Waals surface area contributed by atoms with Gasteiger partial charge in [0.05, 0.1) is 29.6 Å². The molecule has 1 aliphatic rings. The van der Waals surface area contributed by atoms with Gasteiger partial charge in [-0.1, -0.05) is 12.1 Å². The van der Waals surface area contributed by atoms with E-state index in [1.807, 2.05) is 12.3 Å². The molecule has 1 aliphatic heterocycles. The van der Waals surface area contributed by atoms with Crippen LogP contribution in [0.25, 0.3) is 0 Å². The maximum absolute atomic E-state index is 12.2. The molecule has 0 spiro atoms. The Hall–Kier alpha value is -1.36. The van der Waals surface area contributed by atoms with Gasteiger partial charge < -0.3 is 9.26 Å². The first-order valence-corrected chi connectivity index (χ1v) is 10.9. The molecule has 3 heterocycles. The minimum absolute atomic E-state index is 0.198. The van der Waals surface area contributed by atoms with E-state index in [-0.39, 0.29) is 18.8 Å². The van der Waals surface area contributed by atoms with Gasteiger partial charge in [-0.15, -0.1) is 11.3 Å². The van der Waals surface area contributed by atoms with Crippen LogP contribution in [-0.2, 0) is 27.7 Å². The first-order valence-electron chi connectivity index (χ1n) is 8.19. The van der Waals surface area contributed by atoms with Crippen LogP contribution in [0.3, 0.4) is 0 Å². The van der Waals surface area contributed by atoms with E-state index < -0.39 is 10.0 Å². The number of thiazole rings is 1. The van der Waals surface area contributed by atoms with Gasteiger partial charge in [0.1, 0.15) is 6.10 Å². The van der Waals surface area contributed by atoms with Crippen LogP contribution in [0.4, 0.5) is 0 Å². The fourth-order valence-corrected chi connectivity index (χ4v) is 4.31. The van der Waals surface area contributed by atoms with E-state index in [1.165, 1.54) is 10.6 Å². The average Bonchev–Trinajstić information content (AvgIpc) is 3.26.